The number of anilines is 1. The van der Waals surface area contributed by atoms with Gasteiger partial charge in [0.25, 0.3) is 5.91 Å². The third-order valence-corrected chi connectivity index (χ3v) is 7.74. The Balaban J connectivity index is 1.38. The van der Waals surface area contributed by atoms with Crippen LogP contribution in [0.2, 0.25) is 0 Å². The van der Waals surface area contributed by atoms with Crippen LogP contribution in [-0.2, 0) is 17.3 Å². The van der Waals surface area contributed by atoms with Gasteiger partial charge in [0.2, 0.25) is 11.9 Å². The van der Waals surface area contributed by atoms with E-state index in [0.29, 0.717) is 34.6 Å². The van der Waals surface area contributed by atoms with Crippen molar-refractivity contribution in [1.82, 2.24) is 19.7 Å². The molecule has 0 radical (unpaired) electrons. The number of carbonyl (C=O) groups excluding carboxylic acids is 1. The number of amides is 1. The van der Waals surface area contributed by atoms with Crippen molar-refractivity contribution in [1.29, 1.82) is 0 Å². The first-order valence-electron chi connectivity index (χ1n) is 11.2. The zero-order valence-corrected chi connectivity index (χ0v) is 19.6. The number of hydrogen-bond donors (Lipinski definition) is 0. The second kappa shape index (κ2) is 7.83. The van der Waals surface area contributed by atoms with Crippen LogP contribution in [0.1, 0.15) is 35.2 Å². The first-order valence-corrected chi connectivity index (χ1v) is 12.8. The molecule has 2 aliphatic heterocycles. The summed E-state index contributed by atoms with van der Waals surface area (Å²) in [6.45, 7) is 0.351. The highest BCUT2D eigenvalue weighted by Gasteiger charge is 2.49. The average Bonchev–Trinajstić information content (AvgIpc) is 3.51. The summed E-state index contributed by atoms with van der Waals surface area (Å²) in [6, 6.07) is 12.6. The number of guanidine groups is 1. The van der Waals surface area contributed by atoms with Crippen LogP contribution in [0.3, 0.4) is 0 Å². The first kappa shape index (κ1) is 21.2. The fraction of sp³-hybridized carbons (Fsp3) is 0.333. The molecule has 3 aliphatic rings. The molecule has 1 fully saturated rings. The molecule has 34 heavy (non-hydrogen) atoms. The number of aromatic nitrogens is 3. The fourth-order valence-electron chi connectivity index (χ4n) is 5.20. The van der Waals surface area contributed by atoms with Gasteiger partial charge in [0, 0.05) is 18.9 Å². The Morgan fingerprint density at radius 3 is 2.68 bits per heavy atom. The van der Waals surface area contributed by atoms with Crippen LogP contribution in [-0.4, -0.2) is 61.1 Å². The van der Waals surface area contributed by atoms with Crippen molar-refractivity contribution < 1.29 is 13.4 Å². The lowest BCUT2D eigenvalue weighted by Gasteiger charge is -2.33. The summed E-state index contributed by atoms with van der Waals surface area (Å²) in [5.41, 5.74) is 2.67. The van der Waals surface area contributed by atoms with E-state index >= 15 is 0 Å². The lowest BCUT2D eigenvalue weighted by Crippen LogP contribution is -2.51. The molecular weight excluding hydrogens is 455 g/mol. The van der Waals surface area contributed by atoms with Crippen molar-refractivity contribution in [2.45, 2.75) is 42.9 Å². The second-order valence-electron chi connectivity index (χ2n) is 8.89. The topological polar surface area (TPSA) is 83.7 Å². The third kappa shape index (κ3) is 3.19. The van der Waals surface area contributed by atoms with Crippen molar-refractivity contribution in [3.05, 3.63) is 59.5 Å². The van der Waals surface area contributed by atoms with Crippen LogP contribution in [0, 0.1) is 5.95 Å². The summed E-state index contributed by atoms with van der Waals surface area (Å²) in [5.74, 6) is 0.441. The Bertz CT molecular complexity index is 1370. The number of fused-ring (bicyclic) bond motifs is 5. The van der Waals surface area contributed by atoms with E-state index in [-0.39, 0.29) is 18.0 Å². The SMILES string of the molecule is CN1C(=O)c2c(nn(Cc3ccc(-c4cccc(F)n4)cc3)c2[S@](C)=O)N2C1=N[C@@H]1CCC[C@@H]12. The van der Waals surface area contributed by atoms with Gasteiger partial charge in [0.1, 0.15) is 10.6 Å². The molecule has 0 saturated heterocycles. The van der Waals surface area contributed by atoms with Crippen molar-refractivity contribution in [2.75, 3.05) is 18.2 Å². The summed E-state index contributed by atoms with van der Waals surface area (Å²) < 4.78 is 28.0. The van der Waals surface area contributed by atoms with Crippen LogP contribution in [0.15, 0.2) is 52.5 Å². The number of nitrogens with zero attached hydrogens (tertiary/aromatic N) is 6. The van der Waals surface area contributed by atoms with E-state index in [1.54, 1.807) is 35.0 Å². The van der Waals surface area contributed by atoms with Gasteiger partial charge in [-0.3, -0.25) is 18.8 Å². The standard InChI is InChI=1S/C24H23FN6O2S/c1-29-22(32)20-21(31-18-7-3-6-17(18)27-24(29)31)28-30(23(20)34(2)33)13-14-9-11-15(12-10-14)16-5-4-8-19(25)26-16/h4-5,8-12,17-18H,3,6-7,13H2,1-2H3/t17-,18+,34+/m1/s1. The molecule has 6 rings (SSSR count). The first-order chi connectivity index (χ1) is 16.4. The quantitative estimate of drug-likeness (QED) is 0.539. The average molecular weight is 479 g/mol. The molecule has 1 aromatic carbocycles. The smallest absolute Gasteiger partial charge is 0.267 e. The molecule has 0 bridgehead atoms. The van der Waals surface area contributed by atoms with Crippen molar-refractivity contribution in [3.8, 4) is 11.3 Å². The highest BCUT2D eigenvalue weighted by Crippen LogP contribution is 2.41. The van der Waals surface area contributed by atoms with E-state index in [9.17, 15) is 13.4 Å². The van der Waals surface area contributed by atoms with E-state index in [2.05, 4.69) is 9.88 Å². The van der Waals surface area contributed by atoms with E-state index in [1.165, 1.54) is 6.07 Å². The van der Waals surface area contributed by atoms with E-state index in [1.807, 2.05) is 24.3 Å². The summed E-state index contributed by atoms with van der Waals surface area (Å²) in [4.78, 5) is 25.7. The summed E-state index contributed by atoms with van der Waals surface area (Å²) in [5, 5.41) is 5.23. The van der Waals surface area contributed by atoms with Crippen LogP contribution >= 0.6 is 0 Å². The number of carbonyl (C=O) groups is 1. The fourth-order valence-corrected chi connectivity index (χ4v) is 6.07. The predicted molar refractivity (Wildman–Crippen MR) is 127 cm³/mol. The maximum Gasteiger partial charge on any atom is 0.267 e. The zero-order valence-electron chi connectivity index (χ0n) is 18.8. The third-order valence-electron chi connectivity index (χ3n) is 6.78. The van der Waals surface area contributed by atoms with E-state index < -0.39 is 16.7 Å². The Kier molecular flexibility index (Phi) is 4.87. The van der Waals surface area contributed by atoms with E-state index in [4.69, 9.17) is 10.1 Å². The van der Waals surface area contributed by atoms with Crippen molar-refractivity contribution >= 4 is 28.5 Å². The number of halogens is 1. The number of aliphatic imine (C=N–C) groups is 1. The number of rotatable bonds is 4. The molecule has 10 heteroatoms. The van der Waals surface area contributed by atoms with Crippen LogP contribution in [0.25, 0.3) is 11.3 Å². The molecule has 3 aromatic rings. The summed E-state index contributed by atoms with van der Waals surface area (Å²) in [7, 11) is 0.295. The maximum atomic E-state index is 13.5. The zero-order chi connectivity index (χ0) is 23.6. The van der Waals surface area contributed by atoms with Crippen LogP contribution < -0.4 is 4.90 Å². The van der Waals surface area contributed by atoms with E-state index in [0.717, 1.165) is 30.4 Å². The summed E-state index contributed by atoms with van der Waals surface area (Å²) >= 11 is 0. The minimum atomic E-state index is -1.42. The molecule has 4 heterocycles. The highest BCUT2D eigenvalue weighted by atomic mass is 32.2. The van der Waals surface area contributed by atoms with Crippen LogP contribution in [0.5, 0.6) is 0 Å². The molecule has 3 atom stereocenters. The van der Waals surface area contributed by atoms with Gasteiger partial charge in [-0.2, -0.15) is 9.49 Å². The highest BCUT2D eigenvalue weighted by molar-refractivity contribution is 7.84. The molecule has 0 spiro atoms. The summed E-state index contributed by atoms with van der Waals surface area (Å²) in [6.07, 6.45) is 4.66. The van der Waals surface area contributed by atoms with Gasteiger partial charge in [-0.25, -0.2) is 14.7 Å². The molecule has 0 N–H and O–H groups in total. The second-order valence-corrected chi connectivity index (χ2v) is 10.2. The van der Waals surface area contributed by atoms with Crippen molar-refractivity contribution in [2.24, 2.45) is 4.99 Å². The predicted octanol–water partition coefficient (Wildman–Crippen LogP) is 3.05. The van der Waals surface area contributed by atoms with Gasteiger partial charge in [-0.1, -0.05) is 30.3 Å². The minimum absolute atomic E-state index is 0.168. The molecule has 174 valence electrons. The molecule has 2 aromatic heterocycles. The molecule has 1 aliphatic carbocycles. The van der Waals surface area contributed by atoms with Gasteiger partial charge >= 0.3 is 0 Å². The molecule has 1 amide bonds. The largest absolute Gasteiger partial charge is 0.289 e. The number of hydrogen-bond acceptors (Lipinski definition) is 6. The van der Waals surface area contributed by atoms with Gasteiger partial charge < -0.3 is 0 Å². The number of benzene rings is 1. The van der Waals surface area contributed by atoms with Gasteiger partial charge in [0.15, 0.2) is 5.82 Å². The van der Waals surface area contributed by atoms with Gasteiger partial charge in [0.05, 0.1) is 35.1 Å². The maximum absolute atomic E-state index is 13.5. The Morgan fingerprint density at radius 1 is 1.15 bits per heavy atom. The lowest BCUT2D eigenvalue weighted by molar-refractivity contribution is 0.0861. The monoisotopic (exact) mass is 478 g/mol. The number of pyridine rings is 1. The van der Waals surface area contributed by atoms with Gasteiger partial charge in [-0.05, 0) is 37.0 Å². The molecular formula is C24H23FN6O2S. The Labute approximate surface area is 198 Å². The minimum Gasteiger partial charge on any atom is -0.289 e. The van der Waals surface area contributed by atoms with Gasteiger partial charge in [-0.15, -0.1) is 0 Å². The molecule has 0 unspecified atom stereocenters. The molecule has 1 saturated carbocycles. The van der Waals surface area contributed by atoms with Crippen molar-refractivity contribution in [3.63, 3.8) is 0 Å². The molecule has 8 nitrogen and oxygen atoms in total. The normalized spacial score (nSPS) is 21.9. The Hall–Kier alpha value is -3.40. The Morgan fingerprint density at radius 2 is 1.94 bits per heavy atom. The van der Waals surface area contributed by atoms with Crippen LogP contribution in [0.4, 0.5) is 10.2 Å². The lowest BCUT2D eigenvalue weighted by atomic mass is 10.1.